The molecule has 0 saturated heterocycles. The van der Waals surface area contributed by atoms with Crippen molar-refractivity contribution in [3.8, 4) is 0 Å². The van der Waals surface area contributed by atoms with Crippen LogP contribution in [0.25, 0.3) is 0 Å². The van der Waals surface area contributed by atoms with E-state index in [0.717, 1.165) is 161 Å². The van der Waals surface area contributed by atoms with Crippen LogP contribution in [0, 0.1) is 0 Å². The molecule has 0 rings (SSSR count). The highest BCUT2D eigenvalue weighted by Gasteiger charge is 2.19. The number of rotatable bonds is 57. The summed E-state index contributed by atoms with van der Waals surface area (Å²) in [6, 6.07) is 0. The summed E-state index contributed by atoms with van der Waals surface area (Å²) in [7, 11) is 0. The molecule has 1 atom stereocenters. The van der Waals surface area contributed by atoms with Crippen molar-refractivity contribution in [2.24, 2.45) is 0 Å². The topological polar surface area (TPSA) is 78.9 Å². The fourth-order valence-corrected chi connectivity index (χ4v) is 8.50. The van der Waals surface area contributed by atoms with Gasteiger partial charge in [0.05, 0.1) is 0 Å². The van der Waals surface area contributed by atoms with E-state index in [1.807, 2.05) is 0 Å². The van der Waals surface area contributed by atoms with Crippen LogP contribution >= 0.6 is 0 Å². The summed E-state index contributed by atoms with van der Waals surface area (Å²) in [4.78, 5) is 38.2. The molecule has 0 aliphatic rings. The second-order valence-electron chi connectivity index (χ2n) is 20.9. The number of hydrogen-bond donors (Lipinski definition) is 0. The minimum absolute atomic E-state index is 0.0939. The lowest BCUT2D eigenvalue weighted by Crippen LogP contribution is -2.30. The monoisotopic (exact) mass is 1090 g/mol. The van der Waals surface area contributed by atoms with Gasteiger partial charge in [-0.3, -0.25) is 14.4 Å². The van der Waals surface area contributed by atoms with Crippen LogP contribution in [0.4, 0.5) is 0 Å². The first kappa shape index (κ1) is 74.3. The van der Waals surface area contributed by atoms with Gasteiger partial charge in [0.2, 0.25) is 0 Å². The van der Waals surface area contributed by atoms with Crippen LogP contribution in [0.5, 0.6) is 0 Å². The van der Waals surface area contributed by atoms with Crippen LogP contribution in [0.2, 0.25) is 0 Å². The van der Waals surface area contributed by atoms with Gasteiger partial charge in [-0.1, -0.05) is 276 Å². The third-order valence-corrected chi connectivity index (χ3v) is 13.3. The van der Waals surface area contributed by atoms with E-state index in [9.17, 15) is 14.4 Å². The van der Waals surface area contributed by atoms with Gasteiger partial charge in [0.15, 0.2) is 6.10 Å². The summed E-state index contributed by atoms with van der Waals surface area (Å²) in [6.45, 7) is 6.46. The number of unbranched alkanes of at least 4 members (excludes halogenated alkanes) is 22. The highest BCUT2D eigenvalue weighted by Crippen LogP contribution is 2.14. The van der Waals surface area contributed by atoms with E-state index in [2.05, 4.69) is 167 Å². The molecule has 0 bridgehead atoms. The van der Waals surface area contributed by atoms with Crippen LogP contribution in [0.3, 0.4) is 0 Å². The molecule has 6 nitrogen and oxygen atoms in total. The largest absolute Gasteiger partial charge is 0.462 e. The first-order valence-corrected chi connectivity index (χ1v) is 32.3. The number of carbonyl (C=O) groups is 3. The van der Waals surface area contributed by atoms with Crippen molar-refractivity contribution >= 4 is 17.9 Å². The molecule has 0 amide bonds. The minimum Gasteiger partial charge on any atom is -0.462 e. The maximum Gasteiger partial charge on any atom is 0.306 e. The van der Waals surface area contributed by atoms with E-state index < -0.39 is 6.10 Å². The Labute approximate surface area is 487 Å². The van der Waals surface area contributed by atoms with Crippen molar-refractivity contribution in [1.29, 1.82) is 0 Å². The fourth-order valence-electron chi connectivity index (χ4n) is 8.50. The van der Waals surface area contributed by atoms with Gasteiger partial charge in [0.25, 0.3) is 0 Å². The zero-order valence-corrected chi connectivity index (χ0v) is 51.1. The summed E-state index contributed by atoms with van der Waals surface area (Å²) in [5.74, 6) is -0.936. The zero-order chi connectivity index (χ0) is 57.1. The number of ether oxygens (including phenoxy) is 3. The molecule has 1 unspecified atom stereocenters. The molecule has 79 heavy (non-hydrogen) atoms. The van der Waals surface area contributed by atoms with Crippen molar-refractivity contribution in [3.05, 3.63) is 146 Å². The van der Waals surface area contributed by atoms with Gasteiger partial charge in [-0.15, -0.1) is 0 Å². The highest BCUT2D eigenvalue weighted by molar-refractivity contribution is 5.71. The molecule has 446 valence electrons. The Hall–Kier alpha value is -4.71. The normalized spacial score (nSPS) is 13.1. The van der Waals surface area contributed by atoms with Crippen LogP contribution < -0.4 is 0 Å². The lowest BCUT2D eigenvalue weighted by Gasteiger charge is -2.18. The highest BCUT2D eigenvalue weighted by atomic mass is 16.6. The van der Waals surface area contributed by atoms with Crippen LogP contribution in [-0.2, 0) is 28.6 Å². The molecular formula is C73H118O6. The predicted molar refractivity (Wildman–Crippen MR) is 343 cm³/mol. The molecule has 0 aromatic heterocycles. The predicted octanol–water partition coefficient (Wildman–Crippen LogP) is 22.3. The fraction of sp³-hybridized carbons (Fsp3) is 0.630. The van der Waals surface area contributed by atoms with Gasteiger partial charge < -0.3 is 14.2 Å². The molecule has 0 aromatic rings. The smallest absolute Gasteiger partial charge is 0.306 e. The van der Waals surface area contributed by atoms with Gasteiger partial charge in [-0.05, 0) is 128 Å². The molecule has 0 aliphatic heterocycles. The van der Waals surface area contributed by atoms with E-state index in [-0.39, 0.29) is 31.1 Å². The summed E-state index contributed by atoms with van der Waals surface area (Å²) in [6.07, 6.45) is 94.3. The Kier molecular flexibility index (Phi) is 61.9. The minimum atomic E-state index is -0.799. The molecule has 0 aromatic carbocycles. The van der Waals surface area contributed by atoms with Gasteiger partial charge in [-0.2, -0.15) is 0 Å². The SMILES string of the molecule is CC/C=C\C/C=C\C/C=C\C/C=C\C/C=C\C/C=C\C/C=C\C/C=C\C/C=C\C/C=C\CCCCCCC(=O)OCC(COC(=O)CCCCCCCCCCCC)OC(=O)CCCCCCC/C=C\C/C=C\CCCCCC. The van der Waals surface area contributed by atoms with Crippen molar-refractivity contribution in [1.82, 2.24) is 0 Å². The third kappa shape index (κ3) is 64.0. The maximum absolute atomic E-state index is 12.9. The Morgan fingerprint density at radius 1 is 0.266 bits per heavy atom. The summed E-state index contributed by atoms with van der Waals surface area (Å²) in [5.41, 5.74) is 0. The first-order chi connectivity index (χ1) is 39.0. The van der Waals surface area contributed by atoms with Gasteiger partial charge in [-0.25, -0.2) is 0 Å². The van der Waals surface area contributed by atoms with E-state index in [1.54, 1.807) is 0 Å². The quantitative estimate of drug-likeness (QED) is 0.0261. The molecule has 0 heterocycles. The van der Waals surface area contributed by atoms with Crippen molar-refractivity contribution < 1.29 is 28.6 Å². The number of carbonyl (C=O) groups excluding carboxylic acids is 3. The number of hydrogen-bond acceptors (Lipinski definition) is 6. The lowest BCUT2D eigenvalue weighted by atomic mass is 10.1. The molecule has 6 heteroatoms. The van der Waals surface area contributed by atoms with Gasteiger partial charge in [0.1, 0.15) is 13.2 Å². The summed E-state index contributed by atoms with van der Waals surface area (Å²) < 4.78 is 16.8. The molecule has 0 spiro atoms. The lowest BCUT2D eigenvalue weighted by molar-refractivity contribution is -0.167. The first-order valence-electron chi connectivity index (χ1n) is 32.3. The van der Waals surface area contributed by atoms with Crippen LogP contribution in [-0.4, -0.2) is 37.2 Å². The molecule has 0 fully saturated rings. The summed E-state index contributed by atoms with van der Waals surface area (Å²) >= 11 is 0. The van der Waals surface area contributed by atoms with Crippen molar-refractivity contribution in [2.75, 3.05) is 13.2 Å². The van der Waals surface area contributed by atoms with Crippen molar-refractivity contribution in [3.63, 3.8) is 0 Å². The van der Waals surface area contributed by atoms with E-state index in [1.165, 1.54) is 77.0 Å². The van der Waals surface area contributed by atoms with Gasteiger partial charge in [0, 0.05) is 19.3 Å². The Balaban J connectivity index is 4.29. The van der Waals surface area contributed by atoms with E-state index in [0.29, 0.717) is 19.3 Å². The average Bonchev–Trinajstić information content (AvgIpc) is 3.45. The summed E-state index contributed by atoms with van der Waals surface area (Å²) in [5, 5.41) is 0. The number of esters is 3. The van der Waals surface area contributed by atoms with E-state index >= 15 is 0 Å². The standard InChI is InChI=1S/C73H118O6/c1-4-7-10-13-16-19-22-24-26-28-29-30-31-32-33-34-35-36-37-38-39-40-41-42-43-44-45-46-48-49-51-54-57-60-63-66-72(75)78-69-70(68-77-71(74)65-62-59-56-53-21-18-15-12-9-6-3)79-73(76)67-64-61-58-55-52-50-47-27-25-23-20-17-14-11-8-5-2/h7,10,16,19-20,23-24,26-27,29-30,32-33,35-36,38-39,41-42,44-45,47-49,70H,4-6,8-9,11-15,17-18,21-22,25,28,31,34,37,40,43,46,50-69H2,1-3H3/b10-7-,19-16-,23-20-,26-24-,30-29-,33-32-,36-35-,39-38-,42-41-,45-44-,47-27-,49-48-. The van der Waals surface area contributed by atoms with Gasteiger partial charge >= 0.3 is 17.9 Å². The third-order valence-electron chi connectivity index (χ3n) is 13.3. The van der Waals surface area contributed by atoms with Crippen molar-refractivity contribution in [2.45, 2.75) is 284 Å². The Morgan fingerprint density at radius 2 is 0.494 bits per heavy atom. The molecule has 0 saturated carbocycles. The zero-order valence-electron chi connectivity index (χ0n) is 51.1. The Morgan fingerprint density at radius 3 is 0.785 bits per heavy atom. The second kappa shape index (κ2) is 65.8. The van der Waals surface area contributed by atoms with Crippen LogP contribution in [0.15, 0.2) is 146 Å². The van der Waals surface area contributed by atoms with Crippen LogP contribution in [0.1, 0.15) is 278 Å². The molecule has 0 aliphatic carbocycles. The number of allylic oxidation sites excluding steroid dienone is 24. The molecular weight excluding hydrogens is 973 g/mol. The molecule has 0 N–H and O–H groups in total. The second-order valence-corrected chi connectivity index (χ2v) is 20.9. The van der Waals surface area contributed by atoms with E-state index in [4.69, 9.17) is 14.2 Å². The average molecular weight is 1090 g/mol. The molecule has 0 radical (unpaired) electrons. The Bertz CT molecular complexity index is 1730. The maximum atomic E-state index is 12.9.